The molecule has 1 N–H and O–H groups in total. The zero-order valence-electron chi connectivity index (χ0n) is 9.80. The molecule has 1 aromatic carbocycles. The summed E-state index contributed by atoms with van der Waals surface area (Å²) >= 11 is 0. The van der Waals surface area contributed by atoms with Gasteiger partial charge in [0.2, 0.25) is 5.91 Å². The number of aliphatic hydroxyl groups excluding tert-OH is 1. The van der Waals surface area contributed by atoms with E-state index in [1.165, 1.54) is 4.90 Å². The maximum absolute atomic E-state index is 11.6. The Balaban J connectivity index is 2.72. The number of amides is 1. The molecular weight excluding hydrogens is 206 g/mol. The van der Waals surface area contributed by atoms with E-state index < -0.39 is 6.10 Å². The molecule has 0 spiro atoms. The Morgan fingerprint density at radius 1 is 1.44 bits per heavy atom. The molecular formula is C12H17NO3. The molecule has 1 aromatic rings. The van der Waals surface area contributed by atoms with Gasteiger partial charge >= 0.3 is 0 Å². The fourth-order valence-corrected chi connectivity index (χ4v) is 1.34. The minimum absolute atomic E-state index is 0.111. The lowest BCUT2D eigenvalue weighted by atomic mass is 10.2. The standard InChI is InChI=1S/C12H17NO3/c1-9(14)8-12(15)13(2)10-4-6-11(16-3)7-5-10/h4-7,9,14H,8H2,1-3H3. The first-order valence-electron chi connectivity index (χ1n) is 5.13. The molecule has 0 aliphatic heterocycles. The average molecular weight is 223 g/mol. The number of methoxy groups -OCH3 is 1. The molecule has 4 nitrogen and oxygen atoms in total. The summed E-state index contributed by atoms with van der Waals surface area (Å²) in [4.78, 5) is 13.2. The summed E-state index contributed by atoms with van der Waals surface area (Å²) in [6.07, 6.45) is -0.490. The highest BCUT2D eigenvalue weighted by atomic mass is 16.5. The fourth-order valence-electron chi connectivity index (χ4n) is 1.34. The molecule has 0 aliphatic carbocycles. The predicted octanol–water partition coefficient (Wildman–Crippen LogP) is 1.43. The average Bonchev–Trinajstić information content (AvgIpc) is 2.27. The molecule has 88 valence electrons. The van der Waals surface area contributed by atoms with E-state index in [4.69, 9.17) is 9.84 Å². The van der Waals surface area contributed by atoms with Crippen LogP contribution in [0.25, 0.3) is 0 Å². The van der Waals surface area contributed by atoms with Gasteiger partial charge in [0.1, 0.15) is 5.75 Å². The first-order valence-corrected chi connectivity index (χ1v) is 5.13. The van der Waals surface area contributed by atoms with E-state index in [1.54, 1.807) is 45.3 Å². The van der Waals surface area contributed by atoms with Gasteiger partial charge in [0.05, 0.1) is 19.6 Å². The van der Waals surface area contributed by atoms with Gasteiger partial charge in [-0.05, 0) is 31.2 Å². The van der Waals surface area contributed by atoms with Gasteiger partial charge in [-0.3, -0.25) is 4.79 Å². The van der Waals surface area contributed by atoms with Crippen molar-refractivity contribution in [3.63, 3.8) is 0 Å². The van der Waals surface area contributed by atoms with Gasteiger partial charge in [-0.15, -0.1) is 0 Å². The first kappa shape index (κ1) is 12.5. The maximum Gasteiger partial charge on any atom is 0.229 e. The topological polar surface area (TPSA) is 49.8 Å². The van der Waals surface area contributed by atoms with Crippen LogP contribution in [0.4, 0.5) is 5.69 Å². The van der Waals surface area contributed by atoms with Crippen LogP contribution in [-0.4, -0.2) is 31.3 Å². The van der Waals surface area contributed by atoms with Crippen molar-refractivity contribution in [3.05, 3.63) is 24.3 Å². The number of benzene rings is 1. The van der Waals surface area contributed by atoms with Crippen molar-refractivity contribution in [2.75, 3.05) is 19.1 Å². The van der Waals surface area contributed by atoms with Crippen molar-refractivity contribution in [2.24, 2.45) is 0 Å². The van der Waals surface area contributed by atoms with E-state index in [2.05, 4.69) is 0 Å². The fraction of sp³-hybridized carbons (Fsp3) is 0.417. The zero-order valence-corrected chi connectivity index (χ0v) is 9.80. The minimum Gasteiger partial charge on any atom is -0.497 e. The maximum atomic E-state index is 11.6. The van der Waals surface area contributed by atoms with E-state index in [9.17, 15) is 4.79 Å². The smallest absolute Gasteiger partial charge is 0.229 e. The van der Waals surface area contributed by atoms with E-state index >= 15 is 0 Å². The Kier molecular flexibility index (Phi) is 4.31. The van der Waals surface area contributed by atoms with Crippen LogP contribution in [0.15, 0.2) is 24.3 Å². The number of carbonyl (C=O) groups excluding carboxylic acids is 1. The van der Waals surface area contributed by atoms with Crippen molar-refractivity contribution in [1.29, 1.82) is 0 Å². The van der Waals surface area contributed by atoms with Gasteiger partial charge in [-0.25, -0.2) is 0 Å². The number of hydrogen-bond acceptors (Lipinski definition) is 3. The second kappa shape index (κ2) is 5.51. The van der Waals surface area contributed by atoms with Gasteiger partial charge in [0, 0.05) is 12.7 Å². The highest BCUT2D eigenvalue weighted by Crippen LogP contribution is 2.18. The van der Waals surface area contributed by atoms with Gasteiger partial charge in [0.25, 0.3) is 0 Å². The summed E-state index contributed by atoms with van der Waals surface area (Å²) in [5.74, 6) is 0.639. The number of rotatable bonds is 4. The lowest BCUT2D eigenvalue weighted by Crippen LogP contribution is -2.28. The molecule has 0 bridgehead atoms. The number of carbonyl (C=O) groups is 1. The van der Waals surface area contributed by atoms with E-state index in [0.717, 1.165) is 11.4 Å². The number of ether oxygens (including phenoxy) is 1. The van der Waals surface area contributed by atoms with Crippen molar-refractivity contribution < 1.29 is 14.6 Å². The number of nitrogens with zero attached hydrogens (tertiary/aromatic N) is 1. The second-order valence-electron chi connectivity index (χ2n) is 3.70. The van der Waals surface area contributed by atoms with Gasteiger partial charge < -0.3 is 14.7 Å². The summed E-state index contributed by atoms with van der Waals surface area (Å²) < 4.78 is 5.03. The molecule has 1 atom stereocenters. The quantitative estimate of drug-likeness (QED) is 0.840. The number of hydrogen-bond donors (Lipinski definition) is 1. The minimum atomic E-state index is -0.617. The molecule has 0 aliphatic rings. The molecule has 0 fully saturated rings. The Hall–Kier alpha value is -1.55. The lowest BCUT2D eigenvalue weighted by Gasteiger charge is -2.18. The molecule has 0 saturated heterocycles. The number of aliphatic hydroxyl groups is 1. The molecule has 16 heavy (non-hydrogen) atoms. The Labute approximate surface area is 95.5 Å². The monoisotopic (exact) mass is 223 g/mol. The third kappa shape index (κ3) is 3.24. The number of anilines is 1. The van der Waals surface area contributed by atoms with Crippen LogP contribution in [0.1, 0.15) is 13.3 Å². The van der Waals surface area contributed by atoms with E-state index in [-0.39, 0.29) is 12.3 Å². The van der Waals surface area contributed by atoms with Crippen LogP contribution in [-0.2, 0) is 4.79 Å². The summed E-state index contributed by atoms with van der Waals surface area (Å²) in [5, 5.41) is 9.13. The highest BCUT2D eigenvalue weighted by Gasteiger charge is 2.13. The third-order valence-electron chi connectivity index (χ3n) is 2.30. The molecule has 0 radical (unpaired) electrons. The van der Waals surface area contributed by atoms with Crippen LogP contribution in [0.2, 0.25) is 0 Å². The van der Waals surface area contributed by atoms with E-state index in [0.29, 0.717) is 0 Å². The van der Waals surface area contributed by atoms with Crippen LogP contribution < -0.4 is 9.64 Å². The van der Waals surface area contributed by atoms with Crippen LogP contribution in [0.5, 0.6) is 5.75 Å². The van der Waals surface area contributed by atoms with Crippen molar-refractivity contribution in [1.82, 2.24) is 0 Å². The molecule has 1 unspecified atom stereocenters. The second-order valence-corrected chi connectivity index (χ2v) is 3.70. The highest BCUT2D eigenvalue weighted by molar-refractivity contribution is 5.93. The van der Waals surface area contributed by atoms with E-state index in [1.807, 2.05) is 0 Å². The summed E-state index contributed by atoms with van der Waals surface area (Å²) in [6, 6.07) is 7.19. The SMILES string of the molecule is COc1ccc(N(C)C(=O)CC(C)O)cc1. The normalized spacial score (nSPS) is 12.0. The Morgan fingerprint density at radius 2 is 2.00 bits per heavy atom. The predicted molar refractivity (Wildman–Crippen MR) is 62.7 cm³/mol. The molecule has 1 rings (SSSR count). The summed E-state index contributed by atoms with van der Waals surface area (Å²) in [5.41, 5.74) is 0.784. The summed E-state index contributed by atoms with van der Waals surface area (Å²) in [6.45, 7) is 1.60. The molecule has 0 saturated carbocycles. The van der Waals surface area contributed by atoms with Gasteiger partial charge in [0.15, 0.2) is 0 Å². The van der Waals surface area contributed by atoms with Crippen LogP contribution >= 0.6 is 0 Å². The van der Waals surface area contributed by atoms with Crippen molar-refractivity contribution in [2.45, 2.75) is 19.4 Å². The molecule has 0 heterocycles. The summed E-state index contributed by atoms with van der Waals surface area (Å²) in [7, 11) is 3.28. The first-order chi connectivity index (χ1) is 7.54. The van der Waals surface area contributed by atoms with Gasteiger partial charge in [-0.1, -0.05) is 0 Å². The lowest BCUT2D eigenvalue weighted by molar-refractivity contribution is -0.119. The van der Waals surface area contributed by atoms with Crippen LogP contribution in [0.3, 0.4) is 0 Å². The zero-order chi connectivity index (χ0) is 12.1. The van der Waals surface area contributed by atoms with Gasteiger partial charge in [-0.2, -0.15) is 0 Å². The van der Waals surface area contributed by atoms with Crippen molar-refractivity contribution >= 4 is 11.6 Å². The largest absolute Gasteiger partial charge is 0.497 e. The Bertz CT molecular complexity index is 346. The van der Waals surface area contributed by atoms with Crippen LogP contribution in [0, 0.1) is 0 Å². The van der Waals surface area contributed by atoms with Crippen molar-refractivity contribution in [3.8, 4) is 5.75 Å². The third-order valence-corrected chi connectivity index (χ3v) is 2.30. The molecule has 1 amide bonds. The Morgan fingerprint density at radius 3 is 2.44 bits per heavy atom. The molecule has 0 aromatic heterocycles. The molecule has 4 heteroatoms.